The second-order valence-corrected chi connectivity index (χ2v) is 6.83. The maximum absolute atomic E-state index is 12.5. The number of hydrogen-bond donors (Lipinski definition) is 2. The van der Waals surface area contributed by atoms with Crippen molar-refractivity contribution in [1.82, 2.24) is 0 Å². The Hall–Kier alpha value is -3.80. The van der Waals surface area contributed by atoms with E-state index in [2.05, 4.69) is 10.6 Å². The fourth-order valence-electron chi connectivity index (χ4n) is 2.85. The zero-order chi connectivity index (χ0) is 21.5. The van der Waals surface area contributed by atoms with E-state index in [-0.39, 0.29) is 18.4 Å². The number of methoxy groups -OCH3 is 1. The van der Waals surface area contributed by atoms with Crippen molar-refractivity contribution in [3.05, 3.63) is 83.4 Å². The number of ether oxygens (including phenoxy) is 2. The van der Waals surface area contributed by atoms with Gasteiger partial charge in [0, 0.05) is 11.3 Å². The summed E-state index contributed by atoms with van der Waals surface area (Å²) in [6, 6.07) is 19.7. The normalized spacial score (nSPS) is 10.2. The molecule has 0 unspecified atom stereocenters. The van der Waals surface area contributed by atoms with Crippen molar-refractivity contribution in [2.45, 2.75) is 13.8 Å². The van der Waals surface area contributed by atoms with E-state index in [0.717, 1.165) is 16.8 Å². The van der Waals surface area contributed by atoms with E-state index in [1.54, 1.807) is 49.6 Å². The number of aryl methyl sites for hydroxylation is 2. The number of benzene rings is 3. The number of carbonyl (C=O) groups is 2. The summed E-state index contributed by atoms with van der Waals surface area (Å²) in [7, 11) is 1.54. The van der Waals surface area contributed by atoms with Crippen molar-refractivity contribution in [3.63, 3.8) is 0 Å². The van der Waals surface area contributed by atoms with E-state index in [0.29, 0.717) is 22.7 Å². The van der Waals surface area contributed by atoms with E-state index in [4.69, 9.17) is 9.47 Å². The highest BCUT2D eigenvalue weighted by Crippen LogP contribution is 2.23. The van der Waals surface area contributed by atoms with Crippen LogP contribution < -0.4 is 20.1 Å². The molecule has 0 aliphatic carbocycles. The first kappa shape index (κ1) is 20.9. The molecule has 0 bridgehead atoms. The molecule has 2 amide bonds. The minimum atomic E-state index is -0.309. The molecule has 3 aromatic carbocycles. The number of amides is 2. The zero-order valence-corrected chi connectivity index (χ0v) is 17.2. The highest BCUT2D eigenvalue weighted by Gasteiger charge is 2.10. The van der Waals surface area contributed by atoms with Crippen LogP contribution in [0.3, 0.4) is 0 Å². The number of para-hydroxylation sites is 2. The van der Waals surface area contributed by atoms with Gasteiger partial charge >= 0.3 is 0 Å². The van der Waals surface area contributed by atoms with Gasteiger partial charge in [0.05, 0.1) is 12.8 Å². The number of carbonyl (C=O) groups excluding carboxylic acids is 2. The quantitative estimate of drug-likeness (QED) is 0.604. The van der Waals surface area contributed by atoms with Crippen molar-refractivity contribution in [2.24, 2.45) is 0 Å². The van der Waals surface area contributed by atoms with E-state index in [1.165, 1.54) is 0 Å². The molecule has 3 aromatic rings. The van der Waals surface area contributed by atoms with E-state index in [9.17, 15) is 9.59 Å². The maximum Gasteiger partial charge on any atom is 0.262 e. The van der Waals surface area contributed by atoms with Gasteiger partial charge in [-0.05, 0) is 67.4 Å². The van der Waals surface area contributed by atoms with E-state index in [1.807, 2.05) is 38.1 Å². The van der Waals surface area contributed by atoms with Gasteiger partial charge in [-0.15, -0.1) is 0 Å². The molecule has 6 nitrogen and oxygen atoms in total. The molecule has 0 aliphatic rings. The summed E-state index contributed by atoms with van der Waals surface area (Å²) in [4.78, 5) is 24.6. The van der Waals surface area contributed by atoms with Gasteiger partial charge in [-0.1, -0.05) is 24.3 Å². The lowest BCUT2D eigenvalue weighted by Crippen LogP contribution is -2.20. The van der Waals surface area contributed by atoms with Crippen LogP contribution in [0.25, 0.3) is 0 Å². The second kappa shape index (κ2) is 9.60. The van der Waals surface area contributed by atoms with Crippen LogP contribution in [-0.2, 0) is 4.79 Å². The van der Waals surface area contributed by atoms with Crippen molar-refractivity contribution in [3.8, 4) is 11.5 Å². The highest BCUT2D eigenvalue weighted by molar-refractivity contribution is 6.04. The minimum Gasteiger partial charge on any atom is -0.495 e. The number of nitrogens with one attached hydrogen (secondary N) is 2. The lowest BCUT2D eigenvalue weighted by Gasteiger charge is -2.11. The van der Waals surface area contributed by atoms with Gasteiger partial charge in [0.2, 0.25) is 0 Å². The van der Waals surface area contributed by atoms with Crippen molar-refractivity contribution >= 4 is 23.2 Å². The Bertz CT molecular complexity index is 1050. The zero-order valence-electron chi connectivity index (χ0n) is 17.2. The first-order valence-corrected chi connectivity index (χ1v) is 9.50. The number of hydrogen-bond acceptors (Lipinski definition) is 4. The Morgan fingerprint density at radius 3 is 2.33 bits per heavy atom. The predicted molar refractivity (Wildman–Crippen MR) is 117 cm³/mol. The molecule has 154 valence electrons. The lowest BCUT2D eigenvalue weighted by molar-refractivity contribution is -0.118. The summed E-state index contributed by atoms with van der Waals surface area (Å²) in [6.45, 7) is 3.76. The van der Waals surface area contributed by atoms with Gasteiger partial charge in [-0.2, -0.15) is 0 Å². The van der Waals surface area contributed by atoms with Crippen LogP contribution in [0, 0.1) is 13.8 Å². The summed E-state index contributed by atoms with van der Waals surface area (Å²) < 4.78 is 10.7. The number of rotatable bonds is 7. The third-order valence-corrected chi connectivity index (χ3v) is 4.51. The molecule has 0 spiro atoms. The molecule has 0 radical (unpaired) electrons. The van der Waals surface area contributed by atoms with Crippen LogP contribution in [-0.4, -0.2) is 25.5 Å². The van der Waals surface area contributed by atoms with Crippen molar-refractivity contribution < 1.29 is 19.1 Å². The second-order valence-electron chi connectivity index (χ2n) is 6.83. The van der Waals surface area contributed by atoms with Crippen molar-refractivity contribution in [1.29, 1.82) is 0 Å². The van der Waals surface area contributed by atoms with Gasteiger partial charge < -0.3 is 20.1 Å². The molecular weight excluding hydrogens is 380 g/mol. The fourth-order valence-corrected chi connectivity index (χ4v) is 2.85. The van der Waals surface area contributed by atoms with Gasteiger partial charge in [0.1, 0.15) is 11.5 Å². The summed E-state index contributed by atoms with van der Waals surface area (Å²) in [5.74, 6) is 0.555. The topological polar surface area (TPSA) is 76.7 Å². The standard InChI is InChI=1S/C24H24N2O4/c1-16-8-9-17(2)21(14-16)26-24(28)18-10-12-19(13-11-18)30-15-23(27)25-20-6-4-5-7-22(20)29-3/h4-14H,15H2,1-3H3,(H,25,27)(H,26,28). The van der Waals surface area contributed by atoms with E-state index < -0.39 is 0 Å². The molecule has 6 heteroatoms. The smallest absolute Gasteiger partial charge is 0.262 e. The molecule has 0 saturated carbocycles. The first-order chi connectivity index (χ1) is 14.5. The van der Waals surface area contributed by atoms with Gasteiger partial charge in [0.15, 0.2) is 6.61 Å². The predicted octanol–water partition coefficient (Wildman–Crippen LogP) is 4.58. The molecule has 0 aliphatic heterocycles. The Balaban J connectivity index is 1.56. The number of anilines is 2. The molecule has 0 aromatic heterocycles. The third kappa shape index (κ3) is 5.38. The molecule has 3 rings (SSSR count). The van der Waals surface area contributed by atoms with Crippen molar-refractivity contribution in [2.75, 3.05) is 24.4 Å². The molecule has 2 N–H and O–H groups in total. The van der Waals surface area contributed by atoms with Crippen LogP contribution in [0.2, 0.25) is 0 Å². The summed E-state index contributed by atoms with van der Waals surface area (Å²) >= 11 is 0. The SMILES string of the molecule is COc1ccccc1NC(=O)COc1ccc(C(=O)Nc2cc(C)ccc2C)cc1. The minimum absolute atomic E-state index is 0.161. The Morgan fingerprint density at radius 1 is 0.867 bits per heavy atom. The highest BCUT2D eigenvalue weighted by atomic mass is 16.5. The van der Waals surface area contributed by atoms with E-state index >= 15 is 0 Å². The molecule has 0 fully saturated rings. The monoisotopic (exact) mass is 404 g/mol. The van der Waals surface area contributed by atoms with Gasteiger partial charge in [-0.25, -0.2) is 0 Å². The van der Waals surface area contributed by atoms with Gasteiger partial charge in [-0.3, -0.25) is 9.59 Å². The fraction of sp³-hybridized carbons (Fsp3) is 0.167. The summed E-state index contributed by atoms with van der Waals surface area (Å²) in [5, 5.41) is 5.66. The molecule has 30 heavy (non-hydrogen) atoms. The Kier molecular flexibility index (Phi) is 6.70. The maximum atomic E-state index is 12.5. The summed E-state index contributed by atoms with van der Waals surface area (Å²) in [5.41, 5.74) is 3.93. The molecular formula is C24H24N2O4. The average Bonchev–Trinajstić information content (AvgIpc) is 2.75. The Labute approximate surface area is 175 Å². The molecule has 0 atom stereocenters. The van der Waals surface area contributed by atoms with Gasteiger partial charge in [0.25, 0.3) is 11.8 Å². The van der Waals surface area contributed by atoms with Crippen LogP contribution in [0.1, 0.15) is 21.5 Å². The Morgan fingerprint density at radius 2 is 1.60 bits per heavy atom. The van der Waals surface area contributed by atoms with Crippen LogP contribution in [0.15, 0.2) is 66.7 Å². The van der Waals surface area contributed by atoms with Crippen LogP contribution in [0.5, 0.6) is 11.5 Å². The average molecular weight is 404 g/mol. The van der Waals surface area contributed by atoms with Crippen LogP contribution >= 0.6 is 0 Å². The third-order valence-electron chi connectivity index (χ3n) is 4.51. The first-order valence-electron chi connectivity index (χ1n) is 9.50. The lowest BCUT2D eigenvalue weighted by atomic mass is 10.1. The van der Waals surface area contributed by atoms with Crippen LogP contribution in [0.4, 0.5) is 11.4 Å². The molecule has 0 saturated heterocycles. The molecule has 0 heterocycles. The summed E-state index contributed by atoms with van der Waals surface area (Å²) in [6.07, 6.45) is 0. The largest absolute Gasteiger partial charge is 0.495 e.